The van der Waals surface area contributed by atoms with E-state index >= 15 is 0 Å². The molecule has 54 heavy (non-hydrogen) atoms. The lowest BCUT2D eigenvalue weighted by Crippen LogP contribution is -2.47. The molecule has 0 bridgehead atoms. The number of amides is 2. The van der Waals surface area contributed by atoms with Gasteiger partial charge in [0.2, 0.25) is 0 Å². The minimum absolute atomic E-state index is 0.148. The maximum Gasteiger partial charge on any atom is 0.411 e. The van der Waals surface area contributed by atoms with Gasteiger partial charge in [0.15, 0.2) is 12.4 Å². The average molecular weight is 747 g/mol. The molecule has 6 rings (SSSR count). The van der Waals surface area contributed by atoms with Crippen LogP contribution < -0.4 is 5.63 Å². The third-order valence-corrected chi connectivity index (χ3v) is 10.3. The predicted octanol–water partition coefficient (Wildman–Crippen LogP) is 6.65. The van der Waals surface area contributed by atoms with Gasteiger partial charge in [0, 0.05) is 29.5 Å². The first-order chi connectivity index (χ1) is 25.3. The van der Waals surface area contributed by atoms with Crippen molar-refractivity contribution in [1.29, 1.82) is 0 Å². The fraction of sp³-hybridized carbons (Fsp3) is 0.561. The summed E-state index contributed by atoms with van der Waals surface area (Å²) >= 11 is 0. The quantitative estimate of drug-likeness (QED) is 0.0874. The van der Waals surface area contributed by atoms with E-state index in [1.54, 1.807) is 59.7 Å². The summed E-state index contributed by atoms with van der Waals surface area (Å²) in [7, 11) is 0. The van der Waals surface area contributed by atoms with Crippen molar-refractivity contribution in [3.8, 4) is 0 Å². The van der Waals surface area contributed by atoms with E-state index in [1.807, 2.05) is 19.9 Å². The molecule has 3 aromatic rings. The predicted molar refractivity (Wildman–Crippen MR) is 198 cm³/mol. The lowest BCUT2D eigenvalue weighted by atomic mass is 9.88. The van der Waals surface area contributed by atoms with Crippen LogP contribution in [0.2, 0.25) is 0 Å². The second-order valence-corrected chi connectivity index (χ2v) is 16.8. The molecule has 1 aromatic heterocycles. The lowest BCUT2D eigenvalue weighted by molar-refractivity contribution is -0.155. The van der Waals surface area contributed by atoms with E-state index in [-0.39, 0.29) is 23.0 Å². The normalized spacial score (nSPS) is 22.9. The fourth-order valence-corrected chi connectivity index (χ4v) is 7.66. The van der Waals surface area contributed by atoms with Crippen LogP contribution in [0.3, 0.4) is 0 Å². The maximum atomic E-state index is 13.4. The summed E-state index contributed by atoms with van der Waals surface area (Å²) in [6.07, 6.45) is 2.23. The Bertz CT molecular complexity index is 2060. The van der Waals surface area contributed by atoms with Gasteiger partial charge in [-0.05, 0) is 129 Å². The highest BCUT2D eigenvalue weighted by Crippen LogP contribution is 2.33. The van der Waals surface area contributed by atoms with Gasteiger partial charge < -0.3 is 23.4 Å². The second-order valence-electron chi connectivity index (χ2n) is 16.8. The van der Waals surface area contributed by atoms with Gasteiger partial charge in [0.1, 0.15) is 35.0 Å². The molecule has 0 unspecified atom stereocenters. The highest BCUT2D eigenvalue weighted by Gasteiger charge is 2.44. The first kappa shape index (κ1) is 38.8. The number of carbonyl (C=O) groups excluding carboxylic acids is 5. The minimum Gasteiger partial charge on any atom is -0.460 e. The standard InChI is InChI=1S/C41H50N2O11/c1-22-9-15-31(42(22)38(48)53-40(3,4)5)36(46)50-21-33(44)25-12-14-28-29-18-24-11-13-27(17-26(24)20-34(29)52-35(45)30(28)19-25)51-37(47)32-16-10-23(2)43(32)39(49)54-41(6,7)8/h12,14,18-20,22-23,27,31-32H,9-11,13,15-17,21H2,1-8H3/t22-,23-,27+,31-,32-/m0/s1. The molecular formula is C41H50N2O11. The maximum absolute atomic E-state index is 13.4. The summed E-state index contributed by atoms with van der Waals surface area (Å²) in [5.74, 6) is -1.65. The van der Waals surface area contributed by atoms with Crippen LogP contribution in [0.15, 0.2) is 39.5 Å². The van der Waals surface area contributed by atoms with E-state index in [0.29, 0.717) is 61.3 Å². The van der Waals surface area contributed by atoms with E-state index in [1.165, 1.54) is 15.9 Å². The Morgan fingerprint density at radius 3 is 1.91 bits per heavy atom. The zero-order valence-electron chi connectivity index (χ0n) is 32.3. The molecular weight excluding hydrogens is 696 g/mol. The van der Waals surface area contributed by atoms with Crippen LogP contribution in [-0.4, -0.2) is 87.8 Å². The summed E-state index contributed by atoms with van der Waals surface area (Å²) in [6.45, 7) is 13.8. The number of rotatable bonds is 6. The number of likely N-dealkylation sites (tertiary alicyclic amines) is 2. The number of ether oxygens (including phenoxy) is 4. The van der Waals surface area contributed by atoms with Crippen LogP contribution in [-0.2, 0) is 41.4 Å². The molecule has 13 heteroatoms. The number of hydrogen-bond acceptors (Lipinski definition) is 11. The topological polar surface area (TPSA) is 159 Å². The van der Waals surface area contributed by atoms with Gasteiger partial charge in [-0.2, -0.15) is 0 Å². The van der Waals surface area contributed by atoms with Gasteiger partial charge in [0.25, 0.3) is 0 Å². The van der Waals surface area contributed by atoms with E-state index in [0.717, 1.165) is 11.1 Å². The highest BCUT2D eigenvalue weighted by molar-refractivity contribution is 6.08. The summed E-state index contributed by atoms with van der Waals surface area (Å²) in [5, 5.41) is 1.52. The molecule has 290 valence electrons. The van der Waals surface area contributed by atoms with Crippen molar-refractivity contribution >= 4 is 51.7 Å². The molecule has 2 aromatic carbocycles. The first-order valence-electron chi connectivity index (χ1n) is 18.7. The van der Waals surface area contributed by atoms with Crippen molar-refractivity contribution in [3.05, 3.63) is 57.4 Å². The number of Topliss-reactive ketones (excluding diaryl/α,β-unsaturated/α-hetero) is 1. The van der Waals surface area contributed by atoms with Crippen LogP contribution in [0, 0.1) is 0 Å². The van der Waals surface area contributed by atoms with Gasteiger partial charge in [-0.25, -0.2) is 24.0 Å². The average Bonchev–Trinajstić information content (AvgIpc) is 3.67. The summed E-state index contributed by atoms with van der Waals surface area (Å²) in [6, 6.07) is 6.54. The number of nitrogens with zero attached hydrogens (tertiary/aromatic N) is 2. The number of hydrogen-bond donors (Lipinski definition) is 0. The third-order valence-electron chi connectivity index (χ3n) is 10.3. The second kappa shape index (κ2) is 14.7. The van der Waals surface area contributed by atoms with Crippen molar-refractivity contribution in [3.63, 3.8) is 0 Å². The number of fused-ring (bicyclic) bond motifs is 4. The minimum atomic E-state index is -0.864. The zero-order chi connectivity index (χ0) is 39.3. The molecule has 0 N–H and O–H groups in total. The molecule has 2 fully saturated rings. The number of carbonyl (C=O) groups is 5. The molecule has 0 saturated carbocycles. The molecule has 0 radical (unpaired) electrons. The Morgan fingerprint density at radius 1 is 0.722 bits per heavy atom. The van der Waals surface area contributed by atoms with Gasteiger partial charge in [-0.1, -0.05) is 12.1 Å². The van der Waals surface area contributed by atoms with E-state index in [9.17, 15) is 28.8 Å². The van der Waals surface area contributed by atoms with Gasteiger partial charge in [-0.15, -0.1) is 0 Å². The largest absolute Gasteiger partial charge is 0.460 e. The SMILES string of the molecule is C[C@H]1CC[C@@H](C(=O)OCC(=O)c2ccc3c(c2)c(=O)oc2cc4c(cc23)CC[C@@H](OC(=O)[C@@H]2CC[C@H](C)N2C(=O)OC(C)(C)C)C4)N1C(=O)OC(C)(C)C. The number of benzene rings is 2. The van der Waals surface area contributed by atoms with Gasteiger partial charge >= 0.3 is 29.8 Å². The first-order valence-corrected chi connectivity index (χ1v) is 18.7. The van der Waals surface area contributed by atoms with Crippen LogP contribution in [0.1, 0.15) is 109 Å². The molecule has 2 aliphatic heterocycles. The van der Waals surface area contributed by atoms with Crippen molar-refractivity contribution in [2.45, 2.75) is 142 Å². The molecule has 3 heterocycles. The Hall–Kier alpha value is -4.94. The molecule has 2 amide bonds. The highest BCUT2D eigenvalue weighted by atomic mass is 16.6. The monoisotopic (exact) mass is 746 g/mol. The Labute approximate surface area is 314 Å². The lowest BCUT2D eigenvalue weighted by Gasteiger charge is -2.32. The van der Waals surface area contributed by atoms with Crippen molar-refractivity contribution < 1.29 is 47.3 Å². The number of aryl methyl sites for hydroxylation is 1. The van der Waals surface area contributed by atoms with E-state index < -0.39 is 71.5 Å². The molecule has 0 spiro atoms. The Balaban J connectivity index is 1.13. The number of esters is 2. The van der Waals surface area contributed by atoms with Crippen LogP contribution >= 0.6 is 0 Å². The summed E-state index contributed by atoms with van der Waals surface area (Å²) in [5.41, 5.74) is 0.414. The van der Waals surface area contributed by atoms with Crippen molar-refractivity contribution in [2.24, 2.45) is 0 Å². The van der Waals surface area contributed by atoms with E-state index in [4.69, 9.17) is 23.4 Å². The number of ketones is 1. The van der Waals surface area contributed by atoms with Crippen LogP contribution in [0.5, 0.6) is 0 Å². The Morgan fingerprint density at radius 2 is 1.31 bits per heavy atom. The van der Waals surface area contributed by atoms with Crippen LogP contribution in [0.25, 0.3) is 21.7 Å². The molecule has 13 nitrogen and oxygen atoms in total. The third kappa shape index (κ3) is 8.24. The molecule has 2 saturated heterocycles. The van der Waals surface area contributed by atoms with Gasteiger partial charge in [0.05, 0.1) is 5.39 Å². The molecule has 5 atom stereocenters. The zero-order valence-corrected chi connectivity index (χ0v) is 32.3. The Kier molecular flexibility index (Phi) is 10.6. The van der Waals surface area contributed by atoms with Crippen molar-refractivity contribution in [1.82, 2.24) is 9.80 Å². The summed E-state index contributed by atoms with van der Waals surface area (Å²) in [4.78, 5) is 81.4. The molecule has 1 aliphatic carbocycles. The van der Waals surface area contributed by atoms with Crippen molar-refractivity contribution in [2.75, 3.05) is 6.61 Å². The fourth-order valence-electron chi connectivity index (χ4n) is 7.66. The van der Waals surface area contributed by atoms with Gasteiger partial charge in [-0.3, -0.25) is 14.6 Å². The van der Waals surface area contributed by atoms with E-state index in [2.05, 4.69) is 0 Å². The summed E-state index contributed by atoms with van der Waals surface area (Å²) < 4.78 is 28.1. The smallest absolute Gasteiger partial charge is 0.411 e. The molecule has 3 aliphatic rings. The van der Waals surface area contributed by atoms with Crippen LogP contribution in [0.4, 0.5) is 9.59 Å².